The highest BCUT2D eigenvalue weighted by Crippen LogP contribution is 2.20. The van der Waals surface area contributed by atoms with E-state index in [1.807, 2.05) is 34.9 Å². The highest BCUT2D eigenvalue weighted by Gasteiger charge is 2.13. The molecular formula is C13H16N2O. The van der Waals surface area contributed by atoms with Gasteiger partial charge in [-0.2, -0.15) is 0 Å². The van der Waals surface area contributed by atoms with E-state index in [2.05, 4.69) is 13.8 Å². The third kappa shape index (κ3) is 1.81. The monoisotopic (exact) mass is 216 g/mol. The Morgan fingerprint density at radius 2 is 2.06 bits per heavy atom. The maximum absolute atomic E-state index is 11.4. The minimum Gasteiger partial charge on any atom is -0.364 e. The Kier molecular flexibility index (Phi) is 2.69. The number of para-hydroxylation sites is 1. The third-order valence-electron chi connectivity index (χ3n) is 2.61. The van der Waals surface area contributed by atoms with Gasteiger partial charge in [0.1, 0.15) is 5.69 Å². The number of aromatic nitrogens is 1. The molecule has 0 radical (unpaired) electrons. The molecule has 0 aliphatic heterocycles. The fraction of sp³-hybridized carbons (Fsp3) is 0.308. The van der Waals surface area contributed by atoms with Crippen LogP contribution in [0, 0.1) is 5.92 Å². The molecule has 2 N–H and O–H groups in total. The summed E-state index contributed by atoms with van der Waals surface area (Å²) in [7, 11) is 0. The molecule has 0 spiro atoms. The van der Waals surface area contributed by atoms with E-state index in [0.717, 1.165) is 17.4 Å². The number of hydrogen-bond acceptors (Lipinski definition) is 1. The molecule has 1 aromatic heterocycles. The molecule has 3 heteroatoms. The van der Waals surface area contributed by atoms with Gasteiger partial charge < -0.3 is 10.3 Å². The predicted molar refractivity (Wildman–Crippen MR) is 65.3 cm³/mol. The zero-order valence-corrected chi connectivity index (χ0v) is 9.60. The largest absolute Gasteiger partial charge is 0.364 e. The van der Waals surface area contributed by atoms with Gasteiger partial charge in [-0.25, -0.2) is 0 Å². The predicted octanol–water partition coefficient (Wildman–Crippen LogP) is 2.40. The van der Waals surface area contributed by atoms with Gasteiger partial charge in [0.25, 0.3) is 5.91 Å². The number of rotatable bonds is 3. The molecule has 1 aromatic carbocycles. The molecule has 0 atom stereocenters. The maximum atomic E-state index is 11.4. The van der Waals surface area contributed by atoms with Crippen molar-refractivity contribution >= 4 is 16.8 Å². The Hall–Kier alpha value is -1.77. The highest BCUT2D eigenvalue weighted by atomic mass is 16.1. The van der Waals surface area contributed by atoms with Crippen molar-refractivity contribution in [3.63, 3.8) is 0 Å². The van der Waals surface area contributed by atoms with Gasteiger partial charge in [0.15, 0.2) is 0 Å². The quantitative estimate of drug-likeness (QED) is 0.841. The summed E-state index contributed by atoms with van der Waals surface area (Å²) < 4.78 is 2.00. The summed E-state index contributed by atoms with van der Waals surface area (Å²) in [5.41, 5.74) is 7.06. The smallest absolute Gasteiger partial charge is 0.265 e. The zero-order valence-electron chi connectivity index (χ0n) is 9.60. The first-order chi connectivity index (χ1) is 7.59. The minimum atomic E-state index is -0.364. The van der Waals surface area contributed by atoms with Gasteiger partial charge in [0.05, 0.1) is 0 Å². The minimum absolute atomic E-state index is 0.364. The second-order valence-corrected chi connectivity index (χ2v) is 4.46. The second-order valence-electron chi connectivity index (χ2n) is 4.46. The van der Waals surface area contributed by atoms with Crippen molar-refractivity contribution in [1.82, 2.24) is 4.57 Å². The Morgan fingerprint density at radius 1 is 1.38 bits per heavy atom. The molecule has 2 aromatic rings. The Balaban J connectivity index is 2.64. The van der Waals surface area contributed by atoms with Crippen LogP contribution in [-0.4, -0.2) is 10.5 Å². The van der Waals surface area contributed by atoms with E-state index in [1.54, 1.807) is 0 Å². The SMILES string of the molecule is CC(C)Cn1c(C(N)=O)cc2ccccc21. The number of fused-ring (bicyclic) bond motifs is 1. The number of carbonyl (C=O) groups excluding carboxylic acids is 1. The lowest BCUT2D eigenvalue weighted by atomic mass is 10.2. The number of benzene rings is 1. The summed E-state index contributed by atoms with van der Waals surface area (Å²) in [5, 5.41) is 1.07. The van der Waals surface area contributed by atoms with Gasteiger partial charge in [-0.05, 0) is 18.1 Å². The molecule has 0 saturated heterocycles. The van der Waals surface area contributed by atoms with Gasteiger partial charge >= 0.3 is 0 Å². The van der Waals surface area contributed by atoms with E-state index < -0.39 is 0 Å². The molecule has 1 heterocycles. The van der Waals surface area contributed by atoms with Crippen molar-refractivity contribution in [2.45, 2.75) is 20.4 Å². The number of carbonyl (C=O) groups is 1. The van der Waals surface area contributed by atoms with E-state index in [0.29, 0.717) is 11.6 Å². The lowest BCUT2D eigenvalue weighted by molar-refractivity contribution is 0.0991. The van der Waals surface area contributed by atoms with E-state index in [4.69, 9.17) is 5.73 Å². The maximum Gasteiger partial charge on any atom is 0.265 e. The molecule has 0 aliphatic carbocycles. The summed E-state index contributed by atoms with van der Waals surface area (Å²) in [4.78, 5) is 11.4. The summed E-state index contributed by atoms with van der Waals surface area (Å²) in [6.45, 7) is 5.06. The van der Waals surface area contributed by atoms with E-state index in [9.17, 15) is 4.79 Å². The lowest BCUT2D eigenvalue weighted by Gasteiger charge is -2.11. The summed E-state index contributed by atoms with van der Waals surface area (Å²) in [6.07, 6.45) is 0. The molecule has 1 amide bonds. The molecule has 0 saturated carbocycles. The van der Waals surface area contributed by atoms with Crippen LogP contribution < -0.4 is 5.73 Å². The van der Waals surface area contributed by atoms with Crippen LogP contribution in [0.4, 0.5) is 0 Å². The van der Waals surface area contributed by atoms with Crippen molar-refractivity contribution < 1.29 is 4.79 Å². The molecule has 0 aliphatic rings. The van der Waals surface area contributed by atoms with Crippen LogP contribution in [0.25, 0.3) is 10.9 Å². The molecule has 16 heavy (non-hydrogen) atoms. The van der Waals surface area contributed by atoms with Gasteiger partial charge in [0, 0.05) is 17.4 Å². The molecule has 0 bridgehead atoms. The van der Waals surface area contributed by atoms with Crippen LogP contribution in [0.5, 0.6) is 0 Å². The van der Waals surface area contributed by atoms with Crippen molar-refractivity contribution in [2.75, 3.05) is 0 Å². The zero-order chi connectivity index (χ0) is 11.7. The van der Waals surface area contributed by atoms with Crippen LogP contribution in [0.1, 0.15) is 24.3 Å². The second kappa shape index (κ2) is 4.00. The average molecular weight is 216 g/mol. The third-order valence-corrected chi connectivity index (χ3v) is 2.61. The number of primary amides is 1. The average Bonchev–Trinajstić information content (AvgIpc) is 2.57. The first-order valence-electron chi connectivity index (χ1n) is 5.47. The molecule has 0 unspecified atom stereocenters. The Bertz CT molecular complexity index is 526. The highest BCUT2D eigenvalue weighted by molar-refractivity contribution is 5.97. The molecule has 0 fully saturated rings. The molecule has 3 nitrogen and oxygen atoms in total. The van der Waals surface area contributed by atoms with E-state index >= 15 is 0 Å². The van der Waals surface area contributed by atoms with Crippen LogP contribution in [-0.2, 0) is 6.54 Å². The molecular weight excluding hydrogens is 200 g/mol. The van der Waals surface area contributed by atoms with Gasteiger partial charge in [0.2, 0.25) is 0 Å². The number of nitrogens with two attached hydrogens (primary N) is 1. The standard InChI is InChI=1S/C13H16N2O/c1-9(2)8-15-11-6-4-3-5-10(11)7-12(15)13(14)16/h3-7,9H,8H2,1-2H3,(H2,14,16). The van der Waals surface area contributed by atoms with Crippen LogP contribution in [0.15, 0.2) is 30.3 Å². The van der Waals surface area contributed by atoms with Crippen molar-refractivity contribution in [2.24, 2.45) is 11.7 Å². The van der Waals surface area contributed by atoms with Crippen molar-refractivity contribution in [3.05, 3.63) is 36.0 Å². The van der Waals surface area contributed by atoms with Crippen molar-refractivity contribution in [1.29, 1.82) is 0 Å². The Morgan fingerprint density at radius 3 is 2.69 bits per heavy atom. The van der Waals surface area contributed by atoms with Gasteiger partial charge in [-0.3, -0.25) is 4.79 Å². The van der Waals surface area contributed by atoms with Crippen LogP contribution >= 0.6 is 0 Å². The first-order valence-corrected chi connectivity index (χ1v) is 5.47. The lowest BCUT2D eigenvalue weighted by Crippen LogP contribution is -2.18. The Labute approximate surface area is 94.9 Å². The van der Waals surface area contributed by atoms with Gasteiger partial charge in [-0.1, -0.05) is 32.0 Å². The summed E-state index contributed by atoms with van der Waals surface area (Å²) >= 11 is 0. The van der Waals surface area contributed by atoms with Gasteiger partial charge in [-0.15, -0.1) is 0 Å². The normalized spacial score (nSPS) is 11.2. The molecule has 2 rings (SSSR count). The first kappa shape index (κ1) is 10.7. The van der Waals surface area contributed by atoms with Crippen LogP contribution in [0.3, 0.4) is 0 Å². The fourth-order valence-electron chi connectivity index (χ4n) is 1.98. The summed E-state index contributed by atoms with van der Waals surface area (Å²) in [5.74, 6) is 0.116. The molecule has 84 valence electrons. The van der Waals surface area contributed by atoms with E-state index in [-0.39, 0.29) is 5.91 Å². The summed E-state index contributed by atoms with van der Waals surface area (Å²) in [6, 6.07) is 9.82. The van der Waals surface area contributed by atoms with Crippen LogP contribution in [0.2, 0.25) is 0 Å². The van der Waals surface area contributed by atoms with E-state index in [1.165, 1.54) is 0 Å². The number of nitrogens with zero attached hydrogens (tertiary/aromatic N) is 1. The fourth-order valence-corrected chi connectivity index (χ4v) is 1.98. The number of hydrogen-bond donors (Lipinski definition) is 1. The topological polar surface area (TPSA) is 48.0 Å². The van der Waals surface area contributed by atoms with Crippen molar-refractivity contribution in [3.8, 4) is 0 Å². The number of amides is 1.